The zero-order chi connectivity index (χ0) is 24.9. The van der Waals surface area contributed by atoms with Crippen LogP contribution in [0.25, 0.3) is 0 Å². The third kappa shape index (κ3) is 6.34. The van der Waals surface area contributed by atoms with Gasteiger partial charge in [-0.2, -0.15) is 5.10 Å². The number of ether oxygens (including phenoxy) is 1. The maximum atomic E-state index is 13.3. The molecule has 0 aromatic carbocycles. The Bertz CT molecular complexity index is 1080. The third-order valence-corrected chi connectivity index (χ3v) is 5.51. The predicted molar refractivity (Wildman–Crippen MR) is 130 cm³/mol. The van der Waals surface area contributed by atoms with Gasteiger partial charge in [0.25, 0.3) is 5.56 Å². The van der Waals surface area contributed by atoms with Crippen molar-refractivity contribution >= 4 is 17.4 Å². The number of nitrogens with one attached hydrogen (secondary N) is 1. The lowest BCUT2D eigenvalue weighted by Gasteiger charge is -2.24. The van der Waals surface area contributed by atoms with Gasteiger partial charge in [-0.05, 0) is 37.7 Å². The number of nitrogen functional groups attached to an aromatic ring is 1. The van der Waals surface area contributed by atoms with Crippen molar-refractivity contribution in [3.8, 4) is 0 Å². The first-order chi connectivity index (χ1) is 15.5. The standard InChI is InChI=1S/C23H38N6O4/c1-14(2)12-28-21(24)20(22(31)25-23(28)32)27(10-11-33-7)19(30)9-8-18-16(5)26-29(17(18)6)13-15(3)4/h14-15H,8-13,24H2,1-7H3,(H,25,31,32). The largest absolute Gasteiger partial charge is 0.383 e. The van der Waals surface area contributed by atoms with Crippen molar-refractivity contribution in [3.63, 3.8) is 0 Å². The van der Waals surface area contributed by atoms with E-state index < -0.39 is 11.2 Å². The molecule has 0 radical (unpaired) electrons. The molecule has 0 unspecified atom stereocenters. The average molecular weight is 463 g/mol. The van der Waals surface area contributed by atoms with E-state index in [2.05, 4.69) is 23.9 Å². The monoisotopic (exact) mass is 462 g/mol. The first-order valence-corrected chi connectivity index (χ1v) is 11.4. The molecule has 0 aliphatic rings. The maximum Gasteiger partial charge on any atom is 0.330 e. The van der Waals surface area contributed by atoms with Gasteiger partial charge >= 0.3 is 5.69 Å². The molecule has 2 aromatic rings. The van der Waals surface area contributed by atoms with Crippen molar-refractivity contribution in [2.45, 2.75) is 67.5 Å². The van der Waals surface area contributed by atoms with Crippen LogP contribution >= 0.6 is 0 Å². The Morgan fingerprint density at radius 2 is 1.79 bits per heavy atom. The number of aryl methyl sites for hydroxylation is 1. The van der Waals surface area contributed by atoms with Gasteiger partial charge in [-0.3, -0.25) is 23.8 Å². The van der Waals surface area contributed by atoms with Crippen LogP contribution in [0.3, 0.4) is 0 Å². The molecule has 2 heterocycles. The van der Waals surface area contributed by atoms with Gasteiger partial charge in [-0.25, -0.2) is 4.79 Å². The van der Waals surface area contributed by atoms with Gasteiger partial charge in [0, 0.05) is 38.9 Å². The molecule has 0 bridgehead atoms. The second-order valence-electron chi connectivity index (χ2n) is 9.26. The topological polar surface area (TPSA) is 128 Å². The van der Waals surface area contributed by atoms with E-state index in [4.69, 9.17) is 10.5 Å². The summed E-state index contributed by atoms with van der Waals surface area (Å²) in [4.78, 5) is 41.9. The second-order valence-corrected chi connectivity index (χ2v) is 9.26. The van der Waals surface area contributed by atoms with Gasteiger partial charge in [0.1, 0.15) is 5.82 Å². The minimum absolute atomic E-state index is 0.0127. The molecule has 0 atom stereocenters. The maximum absolute atomic E-state index is 13.3. The van der Waals surface area contributed by atoms with Gasteiger partial charge < -0.3 is 15.4 Å². The van der Waals surface area contributed by atoms with Crippen LogP contribution in [0.2, 0.25) is 0 Å². The molecule has 0 aliphatic carbocycles. The molecule has 3 N–H and O–H groups in total. The molecule has 184 valence electrons. The van der Waals surface area contributed by atoms with Crippen molar-refractivity contribution in [2.24, 2.45) is 11.8 Å². The highest BCUT2D eigenvalue weighted by Gasteiger charge is 2.25. The van der Waals surface area contributed by atoms with Crippen LogP contribution in [0.1, 0.15) is 51.1 Å². The van der Waals surface area contributed by atoms with Crippen molar-refractivity contribution in [2.75, 3.05) is 30.9 Å². The number of nitrogens with two attached hydrogens (primary N) is 1. The number of rotatable bonds is 11. The van der Waals surface area contributed by atoms with Crippen molar-refractivity contribution in [1.29, 1.82) is 0 Å². The van der Waals surface area contributed by atoms with Crippen LogP contribution in [-0.2, 0) is 29.0 Å². The highest BCUT2D eigenvalue weighted by molar-refractivity contribution is 5.95. The number of anilines is 2. The van der Waals surface area contributed by atoms with Gasteiger partial charge in [-0.1, -0.05) is 27.7 Å². The van der Waals surface area contributed by atoms with E-state index in [1.807, 2.05) is 32.4 Å². The van der Waals surface area contributed by atoms with Crippen LogP contribution < -0.4 is 21.9 Å². The molecule has 2 rings (SSSR count). The lowest BCUT2D eigenvalue weighted by atomic mass is 10.1. The van der Waals surface area contributed by atoms with E-state index in [1.165, 1.54) is 16.6 Å². The lowest BCUT2D eigenvalue weighted by Crippen LogP contribution is -2.43. The summed E-state index contributed by atoms with van der Waals surface area (Å²) < 4.78 is 8.44. The number of hydrogen-bond acceptors (Lipinski definition) is 6. The first-order valence-electron chi connectivity index (χ1n) is 11.4. The summed E-state index contributed by atoms with van der Waals surface area (Å²) in [6.07, 6.45) is 0.655. The molecule has 0 saturated carbocycles. The molecular weight excluding hydrogens is 424 g/mol. The molecular formula is C23H38N6O4. The smallest absolute Gasteiger partial charge is 0.330 e. The number of amides is 1. The van der Waals surface area contributed by atoms with Gasteiger partial charge in [-0.15, -0.1) is 0 Å². The average Bonchev–Trinajstić information content (AvgIpc) is 2.97. The summed E-state index contributed by atoms with van der Waals surface area (Å²) in [5.41, 5.74) is 7.93. The lowest BCUT2D eigenvalue weighted by molar-refractivity contribution is -0.118. The molecule has 10 nitrogen and oxygen atoms in total. The Labute approximate surface area is 194 Å². The van der Waals surface area contributed by atoms with E-state index in [-0.39, 0.29) is 42.9 Å². The van der Waals surface area contributed by atoms with Crippen LogP contribution in [-0.4, -0.2) is 45.5 Å². The second kappa shape index (κ2) is 11.3. The number of methoxy groups -OCH3 is 1. The van der Waals surface area contributed by atoms with E-state index in [0.29, 0.717) is 18.9 Å². The molecule has 0 aliphatic heterocycles. The normalized spacial score (nSPS) is 11.5. The zero-order valence-corrected chi connectivity index (χ0v) is 20.9. The SMILES string of the molecule is COCCN(C(=O)CCc1c(C)nn(CC(C)C)c1C)c1c(N)n(CC(C)C)c(=O)[nH]c1=O. The van der Waals surface area contributed by atoms with E-state index in [1.54, 1.807) is 0 Å². The summed E-state index contributed by atoms with van der Waals surface area (Å²) in [5, 5.41) is 4.62. The zero-order valence-electron chi connectivity index (χ0n) is 20.9. The van der Waals surface area contributed by atoms with Crippen molar-refractivity contribution in [1.82, 2.24) is 19.3 Å². The summed E-state index contributed by atoms with van der Waals surface area (Å²) in [6.45, 7) is 13.6. The van der Waals surface area contributed by atoms with E-state index >= 15 is 0 Å². The molecule has 10 heteroatoms. The first kappa shape index (κ1) is 26.4. The number of H-pyrrole nitrogens is 1. The fraction of sp³-hybridized carbons (Fsp3) is 0.652. The highest BCUT2D eigenvalue weighted by Crippen LogP contribution is 2.21. The van der Waals surface area contributed by atoms with E-state index in [0.717, 1.165) is 23.5 Å². The predicted octanol–water partition coefficient (Wildman–Crippen LogP) is 1.86. The number of aromatic amines is 1. The van der Waals surface area contributed by atoms with E-state index in [9.17, 15) is 14.4 Å². The molecule has 33 heavy (non-hydrogen) atoms. The van der Waals surface area contributed by atoms with Crippen LogP contribution in [0.15, 0.2) is 9.59 Å². The highest BCUT2D eigenvalue weighted by atomic mass is 16.5. The van der Waals surface area contributed by atoms with Gasteiger partial charge in [0.2, 0.25) is 5.91 Å². The summed E-state index contributed by atoms with van der Waals surface area (Å²) in [7, 11) is 1.52. The molecule has 0 spiro atoms. The minimum Gasteiger partial charge on any atom is -0.383 e. The van der Waals surface area contributed by atoms with Crippen molar-refractivity contribution in [3.05, 3.63) is 37.8 Å². The number of carbonyl (C=O) groups excluding carboxylic acids is 1. The Balaban J connectivity index is 2.37. The molecule has 0 saturated heterocycles. The molecule has 0 fully saturated rings. The number of carbonyl (C=O) groups is 1. The van der Waals surface area contributed by atoms with Crippen LogP contribution in [0.5, 0.6) is 0 Å². The van der Waals surface area contributed by atoms with Gasteiger partial charge in [0.15, 0.2) is 5.69 Å². The molecule has 2 aromatic heterocycles. The number of nitrogens with zero attached hydrogens (tertiary/aromatic N) is 4. The Morgan fingerprint density at radius 3 is 2.36 bits per heavy atom. The van der Waals surface area contributed by atoms with Gasteiger partial charge in [0.05, 0.1) is 12.3 Å². The third-order valence-electron chi connectivity index (χ3n) is 5.51. The summed E-state index contributed by atoms with van der Waals surface area (Å²) >= 11 is 0. The number of aromatic nitrogens is 4. The van der Waals surface area contributed by atoms with Crippen LogP contribution in [0, 0.1) is 25.7 Å². The van der Waals surface area contributed by atoms with Crippen molar-refractivity contribution < 1.29 is 9.53 Å². The minimum atomic E-state index is -0.681. The molecule has 1 amide bonds. The quantitative estimate of drug-likeness (QED) is 0.524. The number of hydrogen-bond donors (Lipinski definition) is 2. The summed E-state index contributed by atoms with van der Waals surface area (Å²) in [5.74, 6) is 0.298. The van der Waals surface area contributed by atoms with Crippen LogP contribution in [0.4, 0.5) is 11.5 Å². The Hall–Kier alpha value is -2.88. The Morgan fingerprint density at radius 1 is 1.15 bits per heavy atom. The Kier molecular flexibility index (Phi) is 9.04. The fourth-order valence-electron chi connectivity index (χ4n) is 3.91. The fourth-order valence-corrected chi connectivity index (χ4v) is 3.91. The summed E-state index contributed by atoms with van der Waals surface area (Å²) in [6, 6.07) is 0.